The van der Waals surface area contributed by atoms with Crippen molar-refractivity contribution in [1.29, 1.82) is 0 Å². The number of hydrogen-bond acceptors (Lipinski definition) is 3. The summed E-state index contributed by atoms with van der Waals surface area (Å²) in [6, 6.07) is 3.40. The predicted octanol–water partition coefficient (Wildman–Crippen LogP) is 2.59. The van der Waals surface area contributed by atoms with Crippen LogP contribution >= 0.6 is 11.6 Å². The summed E-state index contributed by atoms with van der Waals surface area (Å²) in [5.74, 6) is 0. The Morgan fingerprint density at radius 1 is 1.71 bits per heavy atom. The largest absolute Gasteiger partial charge is 0.453 e. The van der Waals surface area contributed by atoms with E-state index in [9.17, 15) is 4.79 Å². The van der Waals surface area contributed by atoms with Crippen molar-refractivity contribution in [3.05, 3.63) is 41.2 Å². The van der Waals surface area contributed by atoms with Crippen LogP contribution in [0.25, 0.3) is 0 Å². The first-order valence-electron chi connectivity index (χ1n) is 5.30. The first kappa shape index (κ1) is 11.9. The highest BCUT2D eigenvalue weighted by Crippen LogP contribution is 2.30. The number of rotatable bonds is 1. The molecule has 1 aromatic heterocycles. The van der Waals surface area contributed by atoms with Crippen molar-refractivity contribution in [3.8, 4) is 0 Å². The van der Waals surface area contributed by atoms with Gasteiger partial charge in [-0.1, -0.05) is 23.7 Å². The van der Waals surface area contributed by atoms with Crippen LogP contribution < -0.4 is 0 Å². The molecule has 4 nitrogen and oxygen atoms in total. The lowest BCUT2D eigenvalue weighted by atomic mass is 9.97. The summed E-state index contributed by atoms with van der Waals surface area (Å²) < 4.78 is 4.75. The van der Waals surface area contributed by atoms with E-state index in [1.165, 1.54) is 7.11 Å². The zero-order valence-electron chi connectivity index (χ0n) is 9.52. The van der Waals surface area contributed by atoms with Gasteiger partial charge < -0.3 is 4.74 Å². The topological polar surface area (TPSA) is 42.4 Å². The van der Waals surface area contributed by atoms with Crippen molar-refractivity contribution in [2.45, 2.75) is 12.5 Å². The summed E-state index contributed by atoms with van der Waals surface area (Å²) >= 11 is 5.85. The molecule has 0 spiro atoms. The van der Waals surface area contributed by atoms with Crippen molar-refractivity contribution in [1.82, 2.24) is 9.88 Å². The third kappa shape index (κ3) is 2.13. The van der Waals surface area contributed by atoms with Crippen LogP contribution in [0.5, 0.6) is 0 Å². The number of carbonyl (C=O) groups is 1. The van der Waals surface area contributed by atoms with Crippen LogP contribution in [-0.4, -0.2) is 29.6 Å². The second-order valence-corrected chi connectivity index (χ2v) is 4.15. The lowest BCUT2D eigenvalue weighted by Crippen LogP contribution is -2.39. The summed E-state index contributed by atoms with van der Waals surface area (Å²) in [6.45, 7) is 4.32. The molecule has 1 amide bonds. The van der Waals surface area contributed by atoms with Gasteiger partial charge in [-0.2, -0.15) is 0 Å². The number of carbonyl (C=O) groups excluding carboxylic acids is 1. The van der Waals surface area contributed by atoms with Crippen molar-refractivity contribution >= 4 is 17.7 Å². The maximum Gasteiger partial charge on any atom is 0.410 e. The molecule has 1 atom stereocenters. The van der Waals surface area contributed by atoms with Crippen LogP contribution in [0, 0.1) is 0 Å². The van der Waals surface area contributed by atoms with Gasteiger partial charge in [0.15, 0.2) is 0 Å². The fraction of sp³-hybridized carbons (Fsp3) is 0.333. The molecule has 1 aliphatic heterocycles. The minimum atomic E-state index is -0.351. The van der Waals surface area contributed by atoms with E-state index in [1.807, 2.05) is 6.07 Å². The minimum absolute atomic E-state index is 0.198. The molecule has 2 rings (SSSR count). The van der Waals surface area contributed by atoms with E-state index < -0.39 is 0 Å². The Morgan fingerprint density at radius 2 is 2.47 bits per heavy atom. The highest BCUT2D eigenvalue weighted by Gasteiger charge is 2.30. The van der Waals surface area contributed by atoms with Crippen LogP contribution in [0.4, 0.5) is 4.79 Å². The number of nitrogens with zero attached hydrogens (tertiary/aromatic N) is 2. The van der Waals surface area contributed by atoms with Crippen molar-refractivity contribution in [2.24, 2.45) is 0 Å². The molecule has 0 aromatic carbocycles. The molecule has 0 N–H and O–H groups in total. The van der Waals surface area contributed by atoms with E-state index in [2.05, 4.69) is 11.6 Å². The van der Waals surface area contributed by atoms with E-state index in [4.69, 9.17) is 16.3 Å². The average molecular weight is 253 g/mol. The quantitative estimate of drug-likeness (QED) is 0.570. The zero-order valence-corrected chi connectivity index (χ0v) is 10.3. The highest BCUT2D eigenvalue weighted by atomic mass is 35.5. The molecule has 0 saturated heterocycles. The molecule has 1 unspecified atom stereocenters. The van der Waals surface area contributed by atoms with Crippen LogP contribution in [0.2, 0.25) is 5.15 Å². The SMILES string of the molecule is C=CC1c2ccc(Cl)nc2CCN1C(=O)OC. The number of methoxy groups -OCH3 is 1. The van der Waals surface area contributed by atoms with E-state index in [-0.39, 0.29) is 12.1 Å². The lowest BCUT2D eigenvalue weighted by Gasteiger charge is -2.33. The van der Waals surface area contributed by atoms with Crippen LogP contribution in [0.15, 0.2) is 24.8 Å². The van der Waals surface area contributed by atoms with Gasteiger partial charge >= 0.3 is 6.09 Å². The summed E-state index contributed by atoms with van der Waals surface area (Å²) in [5.41, 5.74) is 1.88. The smallest absolute Gasteiger partial charge is 0.410 e. The number of fused-ring (bicyclic) bond motifs is 1. The number of pyridine rings is 1. The molecule has 0 aliphatic carbocycles. The third-order valence-corrected chi connectivity index (χ3v) is 3.06. The van der Waals surface area contributed by atoms with Crippen molar-refractivity contribution in [2.75, 3.05) is 13.7 Å². The first-order chi connectivity index (χ1) is 8.17. The minimum Gasteiger partial charge on any atom is -0.453 e. The Hall–Kier alpha value is -1.55. The highest BCUT2D eigenvalue weighted by molar-refractivity contribution is 6.29. The maximum atomic E-state index is 11.6. The molecule has 90 valence electrons. The number of aromatic nitrogens is 1. The van der Waals surface area contributed by atoms with E-state index >= 15 is 0 Å². The molecule has 1 aromatic rings. The number of hydrogen-bond donors (Lipinski definition) is 0. The van der Waals surface area contributed by atoms with Gasteiger partial charge in [-0.25, -0.2) is 9.78 Å². The van der Waals surface area contributed by atoms with E-state index in [0.29, 0.717) is 18.1 Å². The van der Waals surface area contributed by atoms with E-state index in [0.717, 1.165) is 11.3 Å². The third-order valence-electron chi connectivity index (χ3n) is 2.85. The summed E-state index contributed by atoms with van der Waals surface area (Å²) in [6.07, 6.45) is 2.04. The molecule has 0 fully saturated rings. The van der Waals surface area contributed by atoms with Gasteiger partial charge in [0.05, 0.1) is 13.2 Å². The summed E-state index contributed by atoms with van der Waals surface area (Å²) in [4.78, 5) is 17.5. The number of halogens is 1. The van der Waals surface area contributed by atoms with Crippen LogP contribution in [0.1, 0.15) is 17.3 Å². The molecule has 0 bridgehead atoms. The van der Waals surface area contributed by atoms with E-state index in [1.54, 1.807) is 17.0 Å². The second-order valence-electron chi connectivity index (χ2n) is 3.76. The van der Waals surface area contributed by atoms with Crippen LogP contribution in [-0.2, 0) is 11.2 Å². The van der Waals surface area contributed by atoms with Gasteiger partial charge in [0, 0.05) is 24.2 Å². The Balaban J connectivity index is 2.39. The fourth-order valence-corrected chi connectivity index (χ4v) is 2.23. The Bertz CT molecular complexity index is 462. The van der Waals surface area contributed by atoms with Crippen molar-refractivity contribution in [3.63, 3.8) is 0 Å². The monoisotopic (exact) mass is 252 g/mol. The molecular formula is C12H13ClN2O2. The number of amides is 1. The van der Waals surface area contributed by atoms with Gasteiger partial charge in [0.25, 0.3) is 0 Å². The molecule has 0 radical (unpaired) electrons. The molecule has 1 aliphatic rings. The Morgan fingerprint density at radius 3 is 3.12 bits per heavy atom. The van der Waals surface area contributed by atoms with Gasteiger partial charge in [0.1, 0.15) is 5.15 Å². The zero-order chi connectivity index (χ0) is 12.4. The normalized spacial score (nSPS) is 18.5. The summed E-state index contributed by atoms with van der Waals surface area (Å²) in [5, 5.41) is 0.470. The maximum absolute atomic E-state index is 11.6. The first-order valence-corrected chi connectivity index (χ1v) is 5.67. The summed E-state index contributed by atoms with van der Waals surface area (Å²) in [7, 11) is 1.37. The van der Waals surface area contributed by atoms with Gasteiger partial charge in [-0.3, -0.25) is 4.90 Å². The van der Waals surface area contributed by atoms with Gasteiger partial charge in [-0.15, -0.1) is 6.58 Å². The van der Waals surface area contributed by atoms with Gasteiger partial charge in [0.2, 0.25) is 0 Å². The standard InChI is InChI=1S/C12H13ClN2O2/c1-3-10-8-4-5-11(13)14-9(8)6-7-15(10)12(16)17-2/h3-5,10H,1,6-7H2,2H3. The van der Waals surface area contributed by atoms with Crippen LogP contribution in [0.3, 0.4) is 0 Å². The molecule has 17 heavy (non-hydrogen) atoms. The molecule has 5 heteroatoms. The Kier molecular flexibility index (Phi) is 3.33. The lowest BCUT2D eigenvalue weighted by molar-refractivity contribution is 0.110. The predicted molar refractivity (Wildman–Crippen MR) is 65.0 cm³/mol. The van der Waals surface area contributed by atoms with Gasteiger partial charge in [-0.05, 0) is 6.07 Å². The molecule has 0 saturated carbocycles. The second kappa shape index (κ2) is 4.75. The average Bonchev–Trinajstić information content (AvgIpc) is 2.36. The molecular weight excluding hydrogens is 240 g/mol. The Labute approximate surface area is 105 Å². The van der Waals surface area contributed by atoms with Crippen molar-refractivity contribution < 1.29 is 9.53 Å². The fourth-order valence-electron chi connectivity index (χ4n) is 2.06. The number of ether oxygens (including phenoxy) is 1. The molecule has 2 heterocycles.